The van der Waals surface area contributed by atoms with Crippen molar-refractivity contribution in [1.82, 2.24) is 19.6 Å². The Kier molecular flexibility index (Phi) is 4.26. The number of anilines is 2. The second kappa shape index (κ2) is 6.70. The number of nitrogens with one attached hydrogen (secondary N) is 1. The van der Waals surface area contributed by atoms with E-state index in [1.54, 1.807) is 0 Å². The number of pyridine rings is 1. The van der Waals surface area contributed by atoms with E-state index in [1.807, 2.05) is 41.2 Å². The minimum absolute atomic E-state index is 0.405. The lowest BCUT2D eigenvalue weighted by molar-refractivity contribution is 0.518. The summed E-state index contributed by atoms with van der Waals surface area (Å²) < 4.78 is 1.96. The average molecular weight is 336 g/mol. The SMILES string of the molecule is CC(C)c1cc(N2CCC(Nc3ccccn3)CC2)n2nccc2n1. The Bertz CT molecular complexity index is 834. The maximum Gasteiger partial charge on any atom is 0.157 e. The van der Waals surface area contributed by atoms with E-state index in [-0.39, 0.29) is 0 Å². The summed E-state index contributed by atoms with van der Waals surface area (Å²) >= 11 is 0. The fourth-order valence-corrected chi connectivity index (χ4v) is 3.35. The quantitative estimate of drug-likeness (QED) is 0.792. The number of rotatable bonds is 4. The minimum Gasteiger partial charge on any atom is -0.367 e. The first-order chi connectivity index (χ1) is 12.2. The standard InChI is InChI=1S/C19H24N6/c1-14(2)16-13-19(25-18(23-16)6-10-21-25)24-11-7-15(8-12-24)22-17-5-3-4-9-20-17/h3-6,9-10,13-15H,7-8,11-12H2,1-2H3,(H,20,22). The van der Waals surface area contributed by atoms with Crippen molar-refractivity contribution in [3.8, 4) is 0 Å². The van der Waals surface area contributed by atoms with Crippen molar-refractivity contribution in [3.63, 3.8) is 0 Å². The molecule has 4 heterocycles. The maximum atomic E-state index is 4.71. The molecule has 1 aliphatic heterocycles. The molecule has 3 aromatic heterocycles. The van der Waals surface area contributed by atoms with Crippen LogP contribution in [-0.2, 0) is 0 Å². The van der Waals surface area contributed by atoms with Crippen LogP contribution in [0.4, 0.5) is 11.6 Å². The van der Waals surface area contributed by atoms with Gasteiger partial charge in [0, 0.05) is 43.2 Å². The highest BCUT2D eigenvalue weighted by atomic mass is 15.3. The van der Waals surface area contributed by atoms with Gasteiger partial charge in [-0.1, -0.05) is 19.9 Å². The summed E-state index contributed by atoms with van der Waals surface area (Å²) in [4.78, 5) is 11.5. The van der Waals surface area contributed by atoms with Gasteiger partial charge in [-0.15, -0.1) is 0 Å². The molecule has 0 spiro atoms. The van der Waals surface area contributed by atoms with Gasteiger partial charge in [0.2, 0.25) is 0 Å². The summed E-state index contributed by atoms with van der Waals surface area (Å²) in [6, 6.07) is 10.6. The molecule has 0 bridgehead atoms. The van der Waals surface area contributed by atoms with E-state index in [9.17, 15) is 0 Å². The van der Waals surface area contributed by atoms with Crippen LogP contribution in [-0.4, -0.2) is 38.7 Å². The van der Waals surface area contributed by atoms with E-state index in [0.29, 0.717) is 12.0 Å². The van der Waals surface area contributed by atoms with Crippen LogP contribution >= 0.6 is 0 Å². The number of fused-ring (bicyclic) bond motifs is 1. The first kappa shape index (κ1) is 15.9. The van der Waals surface area contributed by atoms with Gasteiger partial charge >= 0.3 is 0 Å². The smallest absolute Gasteiger partial charge is 0.157 e. The van der Waals surface area contributed by atoms with E-state index in [4.69, 9.17) is 4.98 Å². The van der Waals surface area contributed by atoms with Crippen molar-refractivity contribution in [2.45, 2.75) is 38.6 Å². The van der Waals surface area contributed by atoms with Crippen molar-refractivity contribution in [2.75, 3.05) is 23.3 Å². The van der Waals surface area contributed by atoms with Crippen molar-refractivity contribution < 1.29 is 0 Å². The van der Waals surface area contributed by atoms with E-state index >= 15 is 0 Å². The molecule has 1 N–H and O–H groups in total. The Morgan fingerprint density at radius 2 is 1.96 bits per heavy atom. The van der Waals surface area contributed by atoms with Gasteiger partial charge < -0.3 is 10.2 Å². The normalized spacial score (nSPS) is 15.9. The lowest BCUT2D eigenvalue weighted by atomic mass is 10.0. The average Bonchev–Trinajstić information content (AvgIpc) is 3.11. The molecule has 0 aromatic carbocycles. The van der Waals surface area contributed by atoms with Crippen molar-refractivity contribution >= 4 is 17.3 Å². The van der Waals surface area contributed by atoms with Crippen LogP contribution in [0.1, 0.15) is 38.3 Å². The Hall–Kier alpha value is -2.63. The summed E-state index contributed by atoms with van der Waals surface area (Å²) in [5, 5.41) is 8.01. The monoisotopic (exact) mass is 336 g/mol. The number of nitrogens with zero attached hydrogens (tertiary/aromatic N) is 5. The third kappa shape index (κ3) is 3.29. The van der Waals surface area contributed by atoms with Gasteiger partial charge in [-0.25, -0.2) is 9.97 Å². The summed E-state index contributed by atoms with van der Waals surface area (Å²) in [5.74, 6) is 2.51. The molecule has 1 aliphatic rings. The lowest BCUT2D eigenvalue weighted by Gasteiger charge is -2.34. The number of aromatic nitrogens is 4. The number of hydrogen-bond acceptors (Lipinski definition) is 5. The molecule has 0 aliphatic carbocycles. The van der Waals surface area contributed by atoms with Crippen molar-refractivity contribution in [3.05, 3.63) is 48.4 Å². The van der Waals surface area contributed by atoms with Crippen molar-refractivity contribution in [2.24, 2.45) is 0 Å². The zero-order valence-corrected chi connectivity index (χ0v) is 14.8. The zero-order valence-electron chi connectivity index (χ0n) is 14.8. The van der Waals surface area contributed by atoms with E-state index in [0.717, 1.165) is 48.9 Å². The fraction of sp³-hybridized carbons (Fsp3) is 0.421. The first-order valence-electron chi connectivity index (χ1n) is 8.98. The van der Waals surface area contributed by atoms with Gasteiger partial charge in [-0.2, -0.15) is 9.61 Å². The van der Waals surface area contributed by atoms with Gasteiger partial charge in [-0.3, -0.25) is 0 Å². The molecule has 0 atom stereocenters. The Labute approximate surface area is 147 Å². The Balaban J connectivity index is 1.51. The highest BCUT2D eigenvalue weighted by Gasteiger charge is 2.22. The maximum absolute atomic E-state index is 4.71. The molecule has 0 radical (unpaired) electrons. The van der Waals surface area contributed by atoms with Crippen LogP contribution in [0.2, 0.25) is 0 Å². The first-order valence-corrected chi connectivity index (χ1v) is 8.98. The molecule has 1 fully saturated rings. The molecular formula is C19H24N6. The van der Waals surface area contributed by atoms with Gasteiger partial charge in [0.25, 0.3) is 0 Å². The summed E-state index contributed by atoms with van der Waals surface area (Å²) in [6.07, 6.45) is 5.82. The summed E-state index contributed by atoms with van der Waals surface area (Å²) in [6.45, 7) is 6.37. The van der Waals surface area contributed by atoms with Crippen LogP contribution < -0.4 is 10.2 Å². The topological polar surface area (TPSA) is 58.4 Å². The fourth-order valence-electron chi connectivity index (χ4n) is 3.35. The molecule has 130 valence electrons. The highest BCUT2D eigenvalue weighted by Crippen LogP contribution is 2.25. The van der Waals surface area contributed by atoms with Crippen LogP contribution in [0, 0.1) is 0 Å². The second-order valence-corrected chi connectivity index (χ2v) is 6.92. The van der Waals surface area contributed by atoms with Gasteiger partial charge in [0.1, 0.15) is 11.6 Å². The molecule has 0 saturated carbocycles. The highest BCUT2D eigenvalue weighted by molar-refractivity contribution is 5.51. The van der Waals surface area contributed by atoms with E-state index in [2.05, 4.69) is 40.2 Å². The number of hydrogen-bond donors (Lipinski definition) is 1. The molecule has 1 saturated heterocycles. The van der Waals surface area contributed by atoms with E-state index in [1.165, 1.54) is 0 Å². The minimum atomic E-state index is 0.405. The third-order valence-corrected chi connectivity index (χ3v) is 4.79. The third-order valence-electron chi connectivity index (χ3n) is 4.79. The largest absolute Gasteiger partial charge is 0.367 e. The molecule has 0 unspecified atom stereocenters. The molecule has 3 aromatic rings. The van der Waals surface area contributed by atoms with Crippen LogP contribution in [0.3, 0.4) is 0 Å². The molecular weight excluding hydrogens is 312 g/mol. The summed E-state index contributed by atoms with van der Waals surface area (Å²) in [5.41, 5.74) is 2.05. The Morgan fingerprint density at radius 1 is 1.12 bits per heavy atom. The van der Waals surface area contributed by atoms with Crippen LogP contribution in [0.25, 0.3) is 5.65 Å². The molecule has 25 heavy (non-hydrogen) atoms. The number of piperidine rings is 1. The van der Waals surface area contributed by atoms with Gasteiger partial charge in [-0.05, 0) is 30.9 Å². The predicted octanol–water partition coefficient (Wildman–Crippen LogP) is 3.33. The van der Waals surface area contributed by atoms with Gasteiger partial charge in [0.15, 0.2) is 5.65 Å². The van der Waals surface area contributed by atoms with Crippen molar-refractivity contribution in [1.29, 1.82) is 0 Å². The molecule has 6 nitrogen and oxygen atoms in total. The van der Waals surface area contributed by atoms with Gasteiger partial charge in [0.05, 0.1) is 6.20 Å². The predicted molar refractivity (Wildman–Crippen MR) is 100 cm³/mol. The zero-order chi connectivity index (χ0) is 17.2. The Morgan fingerprint density at radius 3 is 2.68 bits per heavy atom. The molecule has 0 amide bonds. The summed E-state index contributed by atoms with van der Waals surface area (Å²) in [7, 11) is 0. The lowest BCUT2D eigenvalue weighted by Crippen LogP contribution is -2.40. The van der Waals surface area contributed by atoms with E-state index < -0.39 is 0 Å². The molecule has 6 heteroatoms. The molecule has 4 rings (SSSR count). The van der Waals surface area contributed by atoms with Crippen LogP contribution in [0.15, 0.2) is 42.7 Å². The van der Waals surface area contributed by atoms with Crippen LogP contribution in [0.5, 0.6) is 0 Å². The second-order valence-electron chi connectivity index (χ2n) is 6.92.